The first-order valence-corrected chi connectivity index (χ1v) is 6.24. The van der Waals surface area contributed by atoms with Gasteiger partial charge in [0, 0.05) is 0 Å². The van der Waals surface area contributed by atoms with Crippen LogP contribution in [0.1, 0.15) is 19.4 Å². The number of hydrogen-bond donors (Lipinski definition) is 1. The summed E-state index contributed by atoms with van der Waals surface area (Å²) >= 11 is 0. The summed E-state index contributed by atoms with van der Waals surface area (Å²) < 4.78 is 11.3. The smallest absolute Gasteiger partial charge is 0.164 e. The van der Waals surface area contributed by atoms with Gasteiger partial charge in [0.2, 0.25) is 0 Å². The van der Waals surface area contributed by atoms with Crippen LogP contribution in [0.25, 0.3) is 0 Å². The second-order valence-electron chi connectivity index (χ2n) is 4.84. The molecule has 3 heteroatoms. The summed E-state index contributed by atoms with van der Waals surface area (Å²) in [6.07, 6.45) is 1.23. The number of nitrogens with one attached hydrogen (secondary N) is 1. The van der Waals surface area contributed by atoms with Crippen LogP contribution >= 0.6 is 0 Å². The molecule has 1 heterocycles. The van der Waals surface area contributed by atoms with Crippen LogP contribution in [0.5, 0.6) is 11.5 Å². The third-order valence-electron chi connectivity index (χ3n) is 3.01. The highest BCUT2D eigenvalue weighted by atomic mass is 16.5. The lowest BCUT2D eigenvalue weighted by Gasteiger charge is -2.28. The SMILES string of the molecule is COc1cccc(CC2CNC2)c1OC(C)C. The normalized spacial score (nSPS) is 15.8. The second kappa shape index (κ2) is 5.41. The van der Waals surface area contributed by atoms with Crippen LogP contribution in [0.2, 0.25) is 0 Å². The summed E-state index contributed by atoms with van der Waals surface area (Å²) in [5.74, 6) is 2.48. The van der Waals surface area contributed by atoms with Gasteiger partial charge in [0.15, 0.2) is 11.5 Å². The highest BCUT2D eigenvalue weighted by molar-refractivity contribution is 5.47. The Morgan fingerprint density at radius 2 is 2.12 bits per heavy atom. The molecule has 0 saturated carbocycles. The van der Waals surface area contributed by atoms with Gasteiger partial charge < -0.3 is 14.8 Å². The van der Waals surface area contributed by atoms with E-state index in [1.54, 1.807) is 7.11 Å². The summed E-state index contributed by atoms with van der Waals surface area (Å²) in [6.45, 7) is 6.30. The van der Waals surface area contributed by atoms with Gasteiger partial charge in [-0.2, -0.15) is 0 Å². The first kappa shape index (κ1) is 12.2. The van der Waals surface area contributed by atoms with E-state index < -0.39 is 0 Å². The average molecular weight is 235 g/mol. The van der Waals surface area contributed by atoms with Gasteiger partial charge in [-0.25, -0.2) is 0 Å². The van der Waals surface area contributed by atoms with Crippen LogP contribution < -0.4 is 14.8 Å². The van der Waals surface area contributed by atoms with Gasteiger partial charge >= 0.3 is 0 Å². The van der Waals surface area contributed by atoms with Crippen LogP contribution in [-0.4, -0.2) is 26.3 Å². The lowest BCUT2D eigenvalue weighted by molar-refractivity contribution is 0.225. The van der Waals surface area contributed by atoms with E-state index in [2.05, 4.69) is 11.4 Å². The first-order valence-electron chi connectivity index (χ1n) is 6.24. The summed E-state index contributed by atoms with van der Waals surface area (Å²) in [6, 6.07) is 6.13. The number of methoxy groups -OCH3 is 1. The Hall–Kier alpha value is -1.22. The van der Waals surface area contributed by atoms with Crippen molar-refractivity contribution in [2.75, 3.05) is 20.2 Å². The Kier molecular flexibility index (Phi) is 3.89. The van der Waals surface area contributed by atoms with Crippen molar-refractivity contribution in [2.24, 2.45) is 5.92 Å². The van der Waals surface area contributed by atoms with Crippen molar-refractivity contribution in [1.29, 1.82) is 0 Å². The molecule has 1 aromatic rings. The Labute approximate surface area is 103 Å². The van der Waals surface area contributed by atoms with Gasteiger partial charge in [-0.05, 0) is 50.9 Å². The molecule has 0 spiro atoms. The molecular weight excluding hydrogens is 214 g/mol. The van der Waals surface area contributed by atoms with Crippen molar-refractivity contribution in [2.45, 2.75) is 26.4 Å². The lowest BCUT2D eigenvalue weighted by Crippen LogP contribution is -2.43. The van der Waals surface area contributed by atoms with E-state index >= 15 is 0 Å². The van der Waals surface area contributed by atoms with Gasteiger partial charge in [-0.3, -0.25) is 0 Å². The van der Waals surface area contributed by atoms with Crippen molar-refractivity contribution in [1.82, 2.24) is 5.32 Å². The minimum absolute atomic E-state index is 0.171. The molecule has 17 heavy (non-hydrogen) atoms. The van der Waals surface area contributed by atoms with Gasteiger partial charge in [-0.1, -0.05) is 12.1 Å². The molecule has 0 unspecified atom stereocenters. The summed E-state index contributed by atoms with van der Waals surface area (Å²) in [7, 11) is 1.69. The van der Waals surface area contributed by atoms with Crippen LogP contribution in [-0.2, 0) is 6.42 Å². The van der Waals surface area contributed by atoms with E-state index in [1.807, 2.05) is 26.0 Å². The molecule has 2 rings (SSSR count). The molecular formula is C14H21NO2. The molecule has 1 aliphatic heterocycles. The quantitative estimate of drug-likeness (QED) is 0.849. The number of ether oxygens (including phenoxy) is 2. The molecule has 1 aliphatic rings. The number of rotatable bonds is 5. The Bertz CT molecular complexity index is 372. The molecule has 0 aromatic heterocycles. The fraction of sp³-hybridized carbons (Fsp3) is 0.571. The zero-order valence-electron chi connectivity index (χ0n) is 10.8. The Morgan fingerprint density at radius 3 is 2.65 bits per heavy atom. The monoisotopic (exact) mass is 235 g/mol. The zero-order chi connectivity index (χ0) is 12.3. The molecule has 94 valence electrons. The third-order valence-corrected chi connectivity index (χ3v) is 3.01. The van der Waals surface area contributed by atoms with E-state index in [1.165, 1.54) is 5.56 Å². The third kappa shape index (κ3) is 2.91. The van der Waals surface area contributed by atoms with E-state index in [0.29, 0.717) is 0 Å². The minimum Gasteiger partial charge on any atom is -0.493 e. The number of para-hydroxylation sites is 1. The van der Waals surface area contributed by atoms with Crippen molar-refractivity contribution in [3.63, 3.8) is 0 Å². The first-order chi connectivity index (χ1) is 8.20. The molecule has 1 saturated heterocycles. The van der Waals surface area contributed by atoms with Crippen molar-refractivity contribution in [3.8, 4) is 11.5 Å². The fourth-order valence-electron chi connectivity index (χ4n) is 2.06. The molecule has 0 atom stereocenters. The van der Waals surface area contributed by atoms with E-state index in [9.17, 15) is 0 Å². The largest absolute Gasteiger partial charge is 0.493 e. The van der Waals surface area contributed by atoms with Gasteiger partial charge in [0.05, 0.1) is 13.2 Å². The molecule has 0 bridgehead atoms. The standard InChI is InChI=1S/C14H21NO2/c1-10(2)17-14-12(7-11-8-15-9-11)5-4-6-13(14)16-3/h4-6,10-11,15H,7-9H2,1-3H3. The molecule has 0 radical (unpaired) electrons. The van der Waals surface area contributed by atoms with Crippen LogP contribution in [0.4, 0.5) is 0 Å². The van der Waals surface area contributed by atoms with Gasteiger partial charge in [-0.15, -0.1) is 0 Å². The summed E-state index contributed by atoms with van der Waals surface area (Å²) in [5, 5.41) is 3.30. The van der Waals surface area contributed by atoms with Crippen LogP contribution in [0, 0.1) is 5.92 Å². The molecule has 1 fully saturated rings. The zero-order valence-corrected chi connectivity index (χ0v) is 10.8. The molecule has 0 aliphatic carbocycles. The van der Waals surface area contributed by atoms with Crippen LogP contribution in [0.3, 0.4) is 0 Å². The van der Waals surface area contributed by atoms with E-state index in [4.69, 9.17) is 9.47 Å². The molecule has 1 aromatic carbocycles. The highest BCUT2D eigenvalue weighted by Crippen LogP contribution is 2.33. The van der Waals surface area contributed by atoms with E-state index in [-0.39, 0.29) is 6.10 Å². The maximum Gasteiger partial charge on any atom is 0.164 e. The topological polar surface area (TPSA) is 30.5 Å². The Morgan fingerprint density at radius 1 is 1.35 bits per heavy atom. The van der Waals surface area contributed by atoms with Crippen molar-refractivity contribution in [3.05, 3.63) is 23.8 Å². The second-order valence-corrected chi connectivity index (χ2v) is 4.84. The molecule has 0 amide bonds. The van der Waals surface area contributed by atoms with E-state index in [0.717, 1.165) is 36.9 Å². The average Bonchev–Trinajstić information content (AvgIpc) is 2.24. The maximum atomic E-state index is 5.89. The lowest BCUT2D eigenvalue weighted by atomic mass is 9.94. The van der Waals surface area contributed by atoms with Gasteiger partial charge in [0.1, 0.15) is 0 Å². The summed E-state index contributed by atoms with van der Waals surface area (Å²) in [4.78, 5) is 0. The number of hydrogen-bond acceptors (Lipinski definition) is 3. The highest BCUT2D eigenvalue weighted by Gasteiger charge is 2.20. The number of benzene rings is 1. The minimum atomic E-state index is 0.171. The molecule has 3 nitrogen and oxygen atoms in total. The van der Waals surface area contributed by atoms with Crippen molar-refractivity contribution < 1.29 is 9.47 Å². The summed E-state index contributed by atoms with van der Waals surface area (Å²) in [5.41, 5.74) is 1.25. The Balaban J connectivity index is 2.21. The fourth-order valence-corrected chi connectivity index (χ4v) is 2.06. The predicted molar refractivity (Wildman–Crippen MR) is 68.8 cm³/mol. The van der Waals surface area contributed by atoms with Gasteiger partial charge in [0.25, 0.3) is 0 Å². The van der Waals surface area contributed by atoms with Crippen LogP contribution in [0.15, 0.2) is 18.2 Å². The maximum absolute atomic E-state index is 5.89. The predicted octanol–water partition coefficient (Wildman–Crippen LogP) is 2.24. The molecule has 1 N–H and O–H groups in total. The van der Waals surface area contributed by atoms with Crippen molar-refractivity contribution >= 4 is 0 Å².